The molecule has 9 heteroatoms. The van der Waals surface area contributed by atoms with E-state index in [1.54, 1.807) is 32.4 Å². The fourth-order valence-corrected chi connectivity index (χ4v) is 5.76. The van der Waals surface area contributed by atoms with Crippen LogP contribution in [0.3, 0.4) is 0 Å². The van der Waals surface area contributed by atoms with Gasteiger partial charge in [0.2, 0.25) is 5.91 Å². The molecule has 2 saturated carbocycles. The molecule has 1 atom stereocenters. The maximum atomic E-state index is 13.7. The highest BCUT2D eigenvalue weighted by atomic mass is 19.1. The smallest absolute Gasteiger partial charge is 0.272 e. The molecule has 0 saturated heterocycles. The SMILES string of the molecule is COc1cccc(OC)c1-c1cc(C(=O)N[C@@H](CCc2ccc(F)cc2)CC(=O)NC2CCC2)nn1C1CCCC1. The van der Waals surface area contributed by atoms with Gasteiger partial charge in [0.15, 0.2) is 5.69 Å². The van der Waals surface area contributed by atoms with E-state index in [2.05, 4.69) is 10.6 Å². The summed E-state index contributed by atoms with van der Waals surface area (Å²) in [7, 11) is 3.23. The number of hydrogen-bond donors (Lipinski definition) is 2. The first kappa shape index (κ1) is 28.6. The molecule has 1 aromatic heterocycles. The molecule has 218 valence electrons. The molecular formula is C32H39FN4O4. The number of amides is 2. The number of aromatic nitrogens is 2. The molecule has 8 nitrogen and oxygen atoms in total. The van der Waals surface area contributed by atoms with Crippen molar-refractivity contribution in [2.24, 2.45) is 0 Å². The fraction of sp³-hybridized carbons (Fsp3) is 0.469. The van der Waals surface area contributed by atoms with E-state index in [0.29, 0.717) is 24.3 Å². The third-order valence-corrected chi connectivity index (χ3v) is 8.25. The van der Waals surface area contributed by atoms with Gasteiger partial charge in [-0.05, 0) is 80.8 Å². The number of hydrogen-bond acceptors (Lipinski definition) is 5. The van der Waals surface area contributed by atoms with E-state index in [4.69, 9.17) is 14.6 Å². The van der Waals surface area contributed by atoms with Crippen LogP contribution >= 0.6 is 0 Å². The van der Waals surface area contributed by atoms with Gasteiger partial charge >= 0.3 is 0 Å². The number of ether oxygens (including phenoxy) is 2. The normalized spacial score (nSPS) is 16.2. The first-order valence-electron chi connectivity index (χ1n) is 14.6. The van der Waals surface area contributed by atoms with Crippen molar-refractivity contribution in [1.82, 2.24) is 20.4 Å². The van der Waals surface area contributed by atoms with Crippen LogP contribution in [0, 0.1) is 5.82 Å². The molecule has 2 aliphatic carbocycles. The zero-order chi connectivity index (χ0) is 28.8. The van der Waals surface area contributed by atoms with Crippen LogP contribution in [0.25, 0.3) is 11.3 Å². The lowest BCUT2D eigenvalue weighted by Crippen LogP contribution is -2.44. The van der Waals surface area contributed by atoms with Crippen molar-refractivity contribution in [3.05, 3.63) is 65.6 Å². The van der Waals surface area contributed by atoms with Crippen LogP contribution in [0.4, 0.5) is 4.39 Å². The van der Waals surface area contributed by atoms with Gasteiger partial charge in [-0.3, -0.25) is 14.3 Å². The Bertz CT molecular complexity index is 1320. The molecule has 41 heavy (non-hydrogen) atoms. The lowest BCUT2D eigenvalue weighted by atomic mass is 9.93. The Morgan fingerprint density at radius 1 is 1.00 bits per heavy atom. The number of halogens is 1. The Labute approximate surface area is 240 Å². The van der Waals surface area contributed by atoms with E-state index >= 15 is 0 Å². The highest BCUT2D eigenvalue weighted by Gasteiger charge is 2.28. The Kier molecular flexibility index (Phi) is 9.21. The number of aryl methyl sites for hydroxylation is 1. The van der Waals surface area contributed by atoms with Gasteiger partial charge in [-0.15, -0.1) is 0 Å². The molecule has 0 aliphatic heterocycles. The average Bonchev–Trinajstić information content (AvgIpc) is 3.64. The second kappa shape index (κ2) is 13.2. The summed E-state index contributed by atoms with van der Waals surface area (Å²) in [4.78, 5) is 26.5. The summed E-state index contributed by atoms with van der Waals surface area (Å²) in [5.74, 6) is 0.576. The second-order valence-electron chi connectivity index (χ2n) is 11.1. The lowest BCUT2D eigenvalue weighted by molar-refractivity contribution is -0.122. The molecule has 2 N–H and O–H groups in total. The van der Waals surface area contributed by atoms with Crippen LogP contribution < -0.4 is 20.1 Å². The van der Waals surface area contributed by atoms with Gasteiger partial charge in [0.1, 0.15) is 17.3 Å². The molecule has 2 fully saturated rings. The fourth-order valence-electron chi connectivity index (χ4n) is 5.76. The van der Waals surface area contributed by atoms with Crippen molar-refractivity contribution in [2.45, 2.75) is 82.3 Å². The molecule has 0 unspecified atom stereocenters. The molecule has 1 heterocycles. The maximum Gasteiger partial charge on any atom is 0.272 e. The number of nitrogens with one attached hydrogen (secondary N) is 2. The van der Waals surface area contributed by atoms with Crippen LogP contribution in [-0.4, -0.2) is 47.9 Å². The minimum atomic E-state index is -0.409. The summed E-state index contributed by atoms with van der Waals surface area (Å²) in [6.07, 6.45) is 8.58. The zero-order valence-corrected chi connectivity index (χ0v) is 23.8. The van der Waals surface area contributed by atoms with Crippen molar-refractivity contribution in [1.29, 1.82) is 0 Å². The van der Waals surface area contributed by atoms with E-state index in [-0.39, 0.29) is 41.8 Å². The van der Waals surface area contributed by atoms with E-state index in [1.165, 1.54) is 12.1 Å². The maximum absolute atomic E-state index is 13.7. The largest absolute Gasteiger partial charge is 0.496 e. The number of benzene rings is 2. The van der Waals surface area contributed by atoms with Crippen LogP contribution in [0.5, 0.6) is 11.5 Å². The van der Waals surface area contributed by atoms with Crippen molar-refractivity contribution in [3.8, 4) is 22.8 Å². The Hall–Kier alpha value is -3.88. The number of rotatable bonds is 12. The Morgan fingerprint density at radius 3 is 2.29 bits per heavy atom. The van der Waals surface area contributed by atoms with E-state index in [9.17, 15) is 14.0 Å². The highest BCUT2D eigenvalue weighted by molar-refractivity contribution is 5.94. The van der Waals surface area contributed by atoms with Crippen LogP contribution in [-0.2, 0) is 11.2 Å². The highest BCUT2D eigenvalue weighted by Crippen LogP contribution is 2.41. The summed E-state index contributed by atoms with van der Waals surface area (Å²) < 4.78 is 26.7. The first-order valence-corrected chi connectivity index (χ1v) is 14.6. The molecule has 5 rings (SSSR count). The van der Waals surface area contributed by atoms with Crippen molar-refractivity contribution >= 4 is 11.8 Å². The van der Waals surface area contributed by atoms with E-state index < -0.39 is 6.04 Å². The summed E-state index contributed by atoms with van der Waals surface area (Å²) in [6.45, 7) is 0. The monoisotopic (exact) mass is 562 g/mol. The quantitative estimate of drug-likeness (QED) is 0.299. The second-order valence-corrected chi connectivity index (χ2v) is 11.1. The number of methoxy groups -OCH3 is 2. The molecule has 3 aromatic rings. The van der Waals surface area contributed by atoms with Crippen molar-refractivity contribution in [2.75, 3.05) is 14.2 Å². The summed E-state index contributed by atoms with van der Waals surface area (Å²) in [5, 5.41) is 11.0. The molecular weight excluding hydrogens is 523 g/mol. The molecule has 0 spiro atoms. The Morgan fingerprint density at radius 2 is 1.68 bits per heavy atom. The third-order valence-electron chi connectivity index (χ3n) is 8.25. The number of carbonyl (C=O) groups excluding carboxylic acids is 2. The minimum absolute atomic E-state index is 0.0740. The van der Waals surface area contributed by atoms with Crippen molar-refractivity contribution in [3.63, 3.8) is 0 Å². The third kappa shape index (κ3) is 6.89. The minimum Gasteiger partial charge on any atom is -0.496 e. The summed E-state index contributed by atoms with van der Waals surface area (Å²) in [6, 6.07) is 13.7. The number of carbonyl (C=O) groups is 2. The number of nitrogens with zero attached hydrogens (tertiary/aromatic N) is 2. The molecule has 0 radical (unpaired) electrons. The van der Waals surface area contributed by atoms with Crippen LogP contribution in [0.2, 0.25) is 0 Å². The van der Waals surface area contributed by atoms with Crippen molar-refractivity contribution < 1.29 is 23.5 Å². The van der Waals surface area contributed by atoms with Gasteiger partial charge in [-0.25, -0.2) is 4.39 Å². The zero-order valence-electron chi connectivity index (χ0n) is 23.8. The standard InChI is InChI=1S/C32H39FN4O4/c1-40-28-11-6-12-29(41-2)31(28)27-20-26(36-37(27)25-9-3-4-10-25)32(39)35-24(19-30(38)34-23-7-5-8-23)18-15-21-13-16-22(33)17-14-21/h6,11-14,16-17,20,23-25H,3-5,7-10,15,18-19H2,1-2H3,(H,34,38)(H,35,39)/t24-/m0/s1. The Balaban J connectivity index is 1.40. The van der Waals surface area contributed by atoms with Gasteiger partial charge in [-0.1, -0.05) is 31.0 Å². The molecule has 2 amide bonds. The van der Waals surface area contributed by atoms with Gasteiger partial charge < -0.3 is 20.1 Å². The van der Waals surface area contributed by atoms with E-state index in [1.807, 2.05) is 22.9 Å². The topological polar surface area (TPSA) is 94.5 Å². The van der Waals surface area contributed by atoms with Crippen LogP contribution in [0.15, 0.2) is 48.5 Å². The van der Waals surface area contributed by atoms with E-state index in [0.717, 1.165) is 61.8 Å². The average molecular weight is 563 g/mol. The van der Waals surface area contributed by atoms with Crippen LogP contribution in [0.1, 0.15) is 79.9 Å². The lowest BCUT2D eigenvalue weighted by Gasteiger charge is -2.27. The van der Waals surface area contributed by atoms with Gasteiger partial charge in [-0.2, -0.15) is 5.10 Å². The van der Waals surface area contributed by atoms with Gasteiger partial charge in [0.05, 0.1) is 31.5 Å². The molecule has 2 aliphatic rings. The molecule has 0 bridgehead atoms. The predicted octanol–water partition coefficient (Wildman–Crippen LogP) is 5.61. The summed E-state index contributed by atoms with van der Waals surface area (Å²) >= 11 is 0. The molecule has 2 aromatic carbocycles. The summed E-state index contributed by atoms with van der Waals surface area (Å²) in [5.41, 5.74) is 2.75. The van der Waals surface area contributed by atoms with Gasteiger partial charge in [0.25, 0.3) is 5.91 Å². The first-order chi connectivity index (χ1) is 19.9. The van der Waals surface area contributed by atoms with Gasteiger partial charge in [0, 0.05) is 18.5 Å². The predicted molar refractivity (Wildman–Crippen MR) is 155 cm³/mol.